The van der Waals surface area contributed by atoms with Crippen molar-refractivity contribution in [3.8, 4) is 0 Å². The Morgan fingerprint density at radius 3 is 3.07 bits per heavy atom. The number of aryl methyl sites for hydroxylation is 1. The van der Waals surface area contributed by atoms with Gasteiger partial charge in [0.05, 0.1) is 0 Å². The molecule has 0 aromatic carbocycles. The molecule has 0 aliphatic rings. The van der Waals surface area contributed by atoms with Gasteiger partial charge in [-0.05, 0) is 19.4 Å². The molecule has 0 bridgehead atoms. The SMILES string of the molecule is CCC(Br)Cc1cc(C)nc2ncnn12. The number of hydrogen-bond acceptors (Lipinski definition) is 3. The number of nitrogens with zero attached hydrogens (tertiary/aromatic N) is 4. The van der Waals surface area contributed by atoms with Gasteiger partial charge < -0.3 is 0 Å². The summed E-state index contributed by atoms with van der Waals surface area (Å²) in [7, 11) is 0. The van der Waals surface area contributed by atoms with Gasteiger partial charge in [0, 0.05) is 22.6 Å². The molecule has 2 aromatic rings. The van der Waals surface area contributed by atoms with Crippen LogP contribution in [-0.2, 0) is 6.42 Å². The van der Waals surface area contributed by atoms with Crippen molar-refractivity contribution in [2.75, 3.05) is 0 Å². The van der Waals surface area contributed by atoms with Gasteiger partial charge in [-0.3, -0.25) is 0 Å². The lowest BCUT2D eigenvalue weighted by molar-refractivity contribution is 0.759. The van der Waals surface area contributed by atoms with E-state index in [1.807, 2.05) is 6.92 Å². The van der Waals surface area contributed by atoms with Crippen LogP contribution in [0.25, 0.3) is 5.78 Å². The van der Waals surface area contributed by atoms with Gasteiger partial charge in [-0.15, -0.1) is 0 Å². The molecular weight excluding hydrogens is 256 g/mol. The minimum atomic E-state index is 0.478. The molecular formula is C10H13BrN4. The normalized spacial score (nSPS) is 13.3. The van der Waals surface area contributed by atoms with Crippen molar-refractivity contribution < 1.29 is 0 Å². The molecule has 0 aliphatic heterocycles. The Morgan fingerprint density at radius 1 is 1.53 bits per heavy atom. The number of halogens is 1. The predicted molar refractivity (Wildman–Crippen MR) is 62.2 cm³/mol. The lowest BCUT2D eigenvalue weighted by Gasteiger charge is -2.08. The summed E-state index contributed by atoms with van der Waals surface area (Å²) in [4.78, 5) is 8.88. The highest BCUT2D eigenvalue weighted by molar-refractivity contribution is 9.09. The summed E-state index contributed by atoms with van der Waals surface area (Å²) < 4.78 is 1.80. The molecule has 5 heteroatoms. The molecule has 2 aromatic heterocycles. The second-order valence-corrected chi connectivity index (χ2v) is 4.87. The number of aromatic nitrogens is 4. The highest BCUT2D eigenvalue weighted by Crippen LogP contribution is 2.14. The van der Waals surface area contributed by atoms with Gasteiger partial charge >= 0.3 is 0 Å². The second kappa shape index (κ2) is 4.26. The molecule has 1 atom stereocenters. The Kier molecular flexibility index (Phi) is 3.00. The van der Waals surface area contributed by atoms with Crippen LogP contribution >= 0.6 is 15.9 Å². The van der Waals surface area contributed by atoms with Crippen molar-refractivity contribution in [3.05, 3.63) is 23.8 Å². The third kappa shape index (κ3) is 2.17. The van der Waals surface area contributed by atoms with E-state index in [9.17, 15) is 0 Å². The molecule has 0 saturated heterocycles. The molecule has 0 saturated carbocycles. The van der Waals surface area contributed by atoms with Gasteiger partial charge in [0.1, 0.15) is 6.33 Å². The maximum Gasteiger partial charge on any atom is 0.252 e. The highest BCUT2D eigenvalue weighted by atomic mass is 79.9. The van der Waals surface area contributed by atoms with Crippen LogP contribution in [-0.4, -0.2) is 24.4 Å². The van der Waals surface area contributed by atoms with E-state index in [2.05, 4.69) is 44.0 Å². The zero-order valence-corrected chi connectivity index (χ0v) is 10.4. The third-order valence-corrected chi connectivity index (χ3v) is 3.30. The summed E-state index contributed by atoms with van der Waals surface area (Å²) in [6, 6.07) is 2.06. The van der Waals surface area contributed by atoms with Crippen LogP contribution < -0.4 is 0 Å². The van der Waals surface area contributed by atoms with Gasteiger partial charge in [0.15, 0.2) is 0 Å². The monoisotopic (exact) mass is 268 g/mol. The molecule has 0 amide bonds. The zero-order valence-electron chi connectivity index (χ0n) is 8.81. The standard InChI is InChI=1S/C10H13BrN4/c1-3-8(11)5-9-4-7(2)14-10-12-6-13-15(9)10/h4,6,8H,3,5H2,1-2H3. The van der Waals surface area contributed by atoms with Gasteiger partial charge in [0.25, 0.3) is 5.78 Å². The third-order valence-electron chi connectivity index (χ3n) is 2.33. The van der Waals surface area contributed by atoms with Crippen molar-refractivity contribution in [2.24, 2.45) is 0 Å². The van der Waals surface area contributed by atoms with Crippen molar-refractivity contribution >= 4 is 21.7 Å². The van der Waals surface area contributed by atoms with Crippen LogP contribution in [0.15, 0.2) is 12.4 Å². The van der Waals surface area contributed by atoms with E-state index < -0.39 is 0 Å². The van der Waals surface area contributed by atoms with Gasteiger partial charge in [-0.2, -0.15) is 10.1 Å². The maximum atomic E-state index is 4.30. The van der Waals surface area contributed by atoms with Crippen molar-refractivity contribution in [2.45, 2.75) is 31.5 Å². The first-order valence-electron chi connectivity index (χ1n) is 5.01. The van der Waals surface area contributed by atoms with E-state index in [0.717, 1.165) is 24.2 Å². The van der Waals surface area contributed by atoms with Crippen LogP contribution in [0.1, 0.15) is 24.7 Å². The van der Waals surface area contributed by atoms with Crippen molar-refractivity contribution in [1.82, 2.24) is 19.6 Å². The first kappa shape index (κ1) is 10.5. The Hall–Kier alpha value is -0.970. The van der Waals surface area contributed by atoms with Gasteiger partial charge in [-0.1, -0.05) is 22.9 Å². The quantitative estimate of drug-likeness (QED) is 0.802. The lowest BCUT2D eigenvalue weighted by atomic mass is 10.2. The number of alkyl halides is 1. The number of hydrogen-bond donors (Lipinski definition) is 0. The minimum absolute atomic E-state index is 0.478. The topological polar surface area (TPSA) is 43.1 Å². The van der Waals surface area contributed by atoms with E-state index >= 15 is 0 Å². The average molecular weight is 269 g/mol. The van der Waals surface area contributed by atoms with Crippen LogP contribution in [0.4, 0.5) is 0 Å². The molecule has 2 rings (SSSR count). The fourth-order valence-electron chi connectivity index (χ4n) is 1.52. The van der Waals surface area contributed by atoms with Gasteiger partial charge in [-0.25, -0.2) is 9.50 Å². The molecule has 0 radical (unpaired) electrons. The minimum Gasteiger partial charge on any atom is -0.216 e. The summed E-state index contributed by atoms with van der Waals surface area (Å²) in [6.45, 7) is 4.14. The van der Waals surface area contributed by atoms with E-state index in [4.69, 9.17) is 0 Å². The summed E-state index contributed by atoms with van der Waals surface area (Å²) >= 11 is 3.63. The largest absolute Gasteiger partial charge is 0.252 e. The Balaban J connectivity index is 2.44. The fraction of sp³-hybridized carbons (Fsp3) is 0.500. The highest BCUT2D eigenvalue weighted by Gasteiger charge is 2.09. The summed E-state index contributed by atoms with van der Waals surface area (Å²) in [6.07, 6.45) is 3.58. The molecule has 2 heterocycles. The molecule has 0 aliphatic carbocycles. The first-order chi connectivity index (χ1) is 7.20. The Labute approximate surface area is 96.9 Å². The van der Waals surface area contributed by atoms with Gasteiger partial charge in [0.2, 0.25) is 0 Å². The van der Waals surface area contributed by atoms with E-state index in [1.165, 1.54) is 0 Å². The molecule has 0 N–H and O–H groups in total. The van der Waals surface area contributed by atoms with Crippen molar-refractivity contribution in [1.29, 1.82) is 0 Å². The maximum absolute atomic E-state index is 4.30. The summed E-state index contributed by atoms with van der Waals surface area (Å²) in [5.41, 5.74) is 2.14. The van der Waals surface area contributed by atoms with Crippen LogP contribution in [0.5, 0.6) is 0 Å². The molecule has 1 unspecified atom stereocenters. The lowest BCUT2D eigenvalue weighted by Crippen LogP contribution is -2.08. The smallest absolute Gasteiger partial charge is 0.216 e. The average Bonchev–Trinajstić information content (AvgIpc) is 2.65. The second-order valence-electron chi connectivity index (χ2n) is 3.57. The number of rotatable bonds is 3. The fourth-order valence-corrected chi connectivity index (χ4v) is 1.85. The summed E-state index contributed by atoms with van der Waals surface area (Å²) in [5, 5.41) is 4.17. The number of fused-ring (bicyclic) bond motifs is 1. The molecule has 0 spiro atoms. The molecule has 0 fully saturated rings. The zero-order chi connectivity index (χ0) is 10.8. The van der Waals surface area contributed by atoms with Crippen molar-refractivity contribution in [3.63, 3.8) is 0 Å². The predicted octanol–water partition coefficient (Wildman–Crippen LogP) is 2.15. The first-order valence-corrected chi connectivity index (χ1v) is 5.92. The van der Waals surface area contributed by atoms with E-state index in [-0.39, 0.29) is 0 Å². The molecule has 4 nitrogen and oxygen atoms in total. The van der Waals surface area contributed by atoms with E-state index in [1.54, 1.807) is 10.8 Å². The summed E-state index contributed by atoms with van der Waals surface area (Å²) in [5.74, 6) is 0.681. The van der Waals surface area contributed by atoms with Crippen LogP contribution in [0, 0.1) is 6.92 Å². The van der Waals surface area contributed by atoms with Crippen LogP contribution in [0.3, 0.4) is 0 Å². The Bertz CT molecular complexity index is 465. The molecule has 15 heavy (non-hydrogen) atoms. The molecule has 80 valence electrons. The van der Waals surface area contributed by atoms with Crippen LogP contribution in [0.2, 0.25) is 0 Å². The Morgan fingerprint density at radius 2 is 2.33 bits per heavy atom. The van der Waals surface area contributed by atoms with E-state index in [0.29, 0.717) is 10.6 Å².